The molecule has 0 saturated carbocycles. The van der Waals surface area contributed by atoms with Gasteiger partial charge in [-0.2, -0.15) is 0 Å². The van der Waals surface area contributed by atoms with Gasteiger partial charge in [-0.15, -0.1) is 0 Å². The van der Waals surface area contributed by atoms with E-state index >= 15 is 0 Å². The number of hydrogen-bond donors (Lipinski definition) is 1. The SMILES string of the molecule is CC(C)C(C)CNC1CC(C)N(C)C1. The Kier molecular flexibility index (Phi) is 4.39. The first-order chi connectivity index (χ1) is 6.50. The summed E-state index contributed by atoms with van der Waals surface area (Å²) in [7, 11) is 2.22. The Bertz CT molecular complexity index is 158. The van der Waals surface area contributed by atoms with E-state index in [1.165, 1.54) is 19.5 Å². The molecule has 2 heteroatoms. The molecule has 0 aromatic carbocycles. The third-order valence-corrected chi connectivity index (χ3v) is 3.75. The van der Waals surface area contributed by atoms with Crippen molar-refractivity contribution in [1.82, 2.24) is 10.2 Å². The topological polar surface area (TPSA) is 15.3 Å². The monoisotopic (exact) mass is 198 g/mol. The molecule has 1 aliphatic heterocycles. The normalized spacial score (nSPS) is 31.3. The van der Waals surface area contributed by atoms with Crippen LogP contribution in [-0.4, -0.2) is 37.1 Å². The first-order valence-electron chi connectivity index (χ1n) is 5.94. The van der Waals surface area contributed by atoms with E-state index in [2.05, 4.69) is 45.0 Å². The molecule has 1 heterocycles. The second kappa shape index (κ2) is 5.13. The van der Waals surface area contributed by atoms with E-state index in [4.69, 9.17) is 0 Å². The highest BCUT2D eigenvalue weighted by atomic mass is 15.2. The fraction of sp³-hybridized carbons (Fsp3) is 1.00. The summed E-state index contributed by atoms with van der Waals surface area (Å²) in [6.07, 6.45) is 1.31. The van der Waals surface area contributed by atoms with Crippen LogP contribution in [0.3, 0.4) is 0 Å². The van der Waals surface area contributed by atoms with Gasteiger partial charge >= 0.3 is 0 Å². The maximum absolute atomic E-state index is 3.68. The molecule has 0 amide bonds. The summed E-state index contributed by atoms with van der Waals surface area (Å²) >= 11 is 0. The summed E-state index contributed by atoms with van der Waals surface area (Å²) < 4.78 is 0. The maximum atomic E-state index is 3.68. The number of rotatable bonds is 4. The zero-order valence-corrected chi connectivity index (χ0v) is 10.4. The van der Waals surface area contributed by atoms with Crippen LogP contribution < -0.4 is 5.32 Å². The van der Waals surface area contributed by atoms with Gasteiger partial charge in [0.15, 0.2) is 0 Å². The van der Waals surface area contributed by atoms with Crippen LogP contribution in [0.4, 0.5) is 0 Å². The molecule has 1 fully saturated rings. The largest absolute Gasteiger partial charge is 0.312 e. The van der Waals surface area contributed by atoms with Crippen molar-refractivity contribution < 1.29 is 0 Å². The Hall–Kier alpha value is -0.0800. The fourth-order valence-corrected chi connectivity index (χ4v) is 1.93. The first kappa shape index (κ1) is 12.0. The lowest BCUT2D eigenvalue weighted by Gasteiger charge is -2.19. The van der Waals surface area contributed by atoms with E-state index in [0.29, 0.717) is 0 Å². The summed E-state index contributed by atoms with van der Waals surface area (Å²) in [5, 5.41) is 3.68. The molecule has 0 radical (unpaired) electrons. The quantitative estimate of drug-likeness (QED) is 0.743. The van der Waals surface area contributed by atoms with Crippen LogP contribution in [0, 0.1) is 11.8 Å². The molecule has 1 aliphatic rings. The van der Waals surface area contributed by atoms with Crippen molar-refractivity contribution in [2.45, 2.75) is 46.2 Å². The molecule has 0 aromatic heterocycles. The molecule has 2 nitrogen and oxygen atoms in total. The molecule has 0 spiro atoms. The van der Waals surface area contributed by atoms with Crippen LogP contribution in [-0.2, 0) is 0 Å². The van der Waals surface area contributed by atoms with Gasteiger partial charge in [-0.05, 0) is 38.8 Å². The lowest BCUT2D eigenvalue weighted by atomic mass is 9.98. The molecule has 14 heavy (non-hydrogen) atoms. The minimum atomic E-state index is 0.719. The zero-order chi connectivity index (χ0) is 10.7. The standard InChI is InChI=1S/C12H26N2/c1-9(2)10(3)7-13-12-6-11(4)14(5)8-12/h9-13H,6-8H2,1-5H3. The highest BCUT2D eigenvalue weighted by Crippen LogP contribution is 2.16. The lowest BCUT2D eigenvalue weighted by molar-refractivity contribution is 0.322. The predicted molar refractivity (Wildman–Crippen MR) is 62.5 cm³/mol. The smallest absolute Gasteiger partial charge is 0.0209 e. The van der Waals surface area contributed by atoms with E-state index in [9.17, 15) is 0 Å². The van der Waals surface area contributed by atoms with Crippen LogP contribution in [0.2, 0.25) is 0 Å². The van der Waals surface area contributed by atoms with Crippen molar-refractivity contribution in [1.29, 1.82) is 0 Å². The second-order valence-corrected chi connectivity index (χ2v) is 5.35. The average Bonchev–Trinajstić information content (AvgIpc) is 2.42. The average molecular weight is 198 g/mol. The summed E-state index contributed by atoms with van der Waals surface area (Å²) in [6, 6.07) is 1.47. The molecule has 1 rings (SSSR count). The van der Waals surface area contributed by atoms with E-state index in [1.807, 2.05) is 0 Å². The first-order valence-corrected chi connectivity index (χ1v) is 5.94. The number of nitrogens with zero attached hydrogens (tertiary/aromatic N) is 1. The summed E-state index contributed by atoms with van der Waals surface area (Å²) in [5.41, 5.74) is 0. The van der Waals surface area contributed by atoms with Crippen LogP contribution in [0.25, 0.3) is 0 Å². The molecule has 3 atom stereocenters. The van der Waals surface area contributed by atoms with Gasteiger partial charge in [-0.1, -0.05) is 20.8 Å². The van der Waals surface area contributed by atoms with Crippen molar-refractivity contribution in [2.24, 2.45) is 11.8 Å². The highest BCUT2D eigenvalue weighted by Gasteiger charge is 2.25. The zero-order valence-electron chi connectivity index (χ0n) is 10.4. The number of likely N-dealkylation sites (tertiary alicyclic amines) is 1. The molecular weight excluding hydrogens is 172 g/mol. The van der Waals surface area contributed by atoms with Crippen LogP contribution in [0.5, 0.6) is 0 Å². The van der Waals surface area contributed by atoms with E-state index < -0.39 is 0 Å². The third kappa shape index (κ3) is 3.25. The molecule has 0 aromatic rings. The number of hydrogen-bond acceptors (Lipinski definition) is 2. The molecule has 0 bridgehead atoms. The van der Waals surface area contributed by atoms with Crippen LogP contribution in [0.1, 0.15) is 34.1 Å². The number of nitrogens with one attached hydrogen (secondary N) is 1. The van der Waals surface area contributed by atoms with Gasteiger partial charge in [-0.25, -0.2) is 0 Å². The van der Waals surface area contributed by atoms with Crippen LogP contribution >= 0.6 is 0 Å². The Labute approximate surface area is 89.1 Å². The van der Waals surface area contributed by atoms with Crippen molar-refractivity contribution in [3.63, 3.8) is 0 Å². The summed E-state index contributed by atoms with van der Waals surface area (Å²) in [4.78, 5) is 2.44. The van der Waals surface area contributed by atoms with Gasteiger partial charge in [-0.3, -0.25) is 0 Å². The van der Waals surface area contributed by atoms with Crippen molar-refractivity contribution >= 4 is 0 Å². The summed E-state index contributed by atoms with van der Waals surface area (Å²) in [6.45, 7) is 11.6. The Morgan fingerprint density at radius 2 is 2.00 bits per heavy atom. The number of likely N-dealkylation sites (N-methyl/N-ethyl adjacent to an activating group) is 1. The van der Waals surface area contributed by atoms with Crippen molar-refractivity contribution in [2.75, 3.05) is 20.1 Å². The van der Waals surface area contributed by atoms with Gasteiger partial charge in [0.2, 0.25) is 0 Å². The van der Waals surface area contributed by atoms with Gasteiger partial charge in [0, 0.05) is 18.6 Å². The molecule has 0 aliphatic carbocycles. The molecule has 3 unspecified atom stereocenters. The molecule has 1 N–H and O–H groups in total. The molecule has 1 saturated heterocycles. The Morgan fingerprint density at radius 3 is 2.43 bits per heavy atom. The summed E-state index contributed by atoms with van der Waals surface area (Å²) in [5.74, 6) is 1.58. The second-order valence-electron chi connectivity index (χ2n) is 5.35. The Morgan fingerprint density at radius 1 is 1.36 bits per heavy atom. The van der Waals surface area contributed by atoms with E-state index in [0.717, 1.165) is 23.9 Å². The van der Waals surface area contributed by atoms with Crippen LogP contribution in [0.15, 0.2) is 0 Å². The third-order valence-electron chi connectivity index (χ3n) is 3.75. The predicted octanol–water partition coefficient (Wildman–Crippen LogP) is 1.96. The van der Waals surface area contributed by atoms with E-state index in [1.54, 1.807) is 0 Å². The molecular formula is C12H26N2. The van der Waals surface area contributed by atoms with Gasteiger partial charge < -0.3 is 10.2 Å². The minimum absolute atomic E-state index is 0.719. The van der Waals surface area contributed by atoms with Gasteiger partial charge in [0.1, 0.15) is 0 Å². The van der Waals surface area contributed by atoms with Crippen molar-refractivity contribution in [3.8, 4) is 0 Å². The van der Waals surface area contributed by atoms with Crippen molar-refractivity contribution in [3.05, 3.63) is 0 Å². The highest BCUT2D eigenvalue weighted by molar-refractivity contribution is 4.85. The minimum Gasteiger partial charge on any atom is -0.312 e. The van der Waals surface area contributed by atoms with Gasteiger partial charge in [0.25, 0.3) is 0 Å². The van der Waals surface area contributed by atoms with E-state index in [-0.39, 0.29) is 0 Å². The lowest BCUT2D eigenvalue weighted by Crippen LogP contribution is -2.35. The maximum Gasteiger partial charge on any atom is 0.0209 e. The van der Waals surface area contributed by atoms with Gasteiger partial charge in [0.05, 0.1) is 0 Å². The fourth-order valence-electron chi connectivity index (χ4n) is 1.93. The Balaban J connectivity index is 2.20. The molecule has 84 valence electrons.